The zero-order chi connectivity index (χ0) is 35.9. The van der Waals surface area contributed by atoms with Gasteiger partial charge in [0.05, 0.1) is 40.9 Å². The van der Waals surface area contributed by atoms with Crippen molar-refractivity contribution >= 4 is 102 Å². The summed E-state index contributed by atoms with van der Waals surface area (Å²) in [6.07, 6.45) is 4.03. The molecular weight excluding hydrogens is 749 g/mol. The lowest BCUT2D eigenvalue weighted by Crippen LogP contribution is -2.08. The van der Waals surface area contributed by atoms with Crippen LogP contribution in [-0.2, 0) is 0 Å². The van der Waals surface area contributed by atoms with Gasteiger partial charge in [-0.15, -0.1) is 68.9 Å². The van der Waals surface area contributed by atoms with Crippen LogP contribution in [0.3, 0.4) is 0 Å². The van der Waals surface area contributed by atoms with Gasteiger partial charge in [-0.25, -0.2) is 9.97 Å². The minimum Gasteiger partial charge on any atom is -0.383 e. The average Bonchev–Trinajstić information content (AvgIpc) is 3.96. The quantitative estimate of drug-likeness (QED) is 0.0431. The van der Waals surface area contributed by atoms with Crippen LogP contribution in [-0.4, -0.2) is 34.2 Å². The van der Waals surface area contributed by atoms with E-state index in [-0.39, 0.29) is 11.7 Å². The molecule has 0 aliphatic heterocycles. The van der Waals surface area contributed by atoms with Gasteiger partial charge in [0.1, 0.15) is 11.7 Å². The molecule has 4 heterocycles. The summed E-state index contributed by atoms with van der Waals surface area (Å²) in [6, 6.07) is 30.9. The average molecular weight is 783 g/mol. The van der Waals surface area contributed by atoms with Crippen LogP contribution in [0.2, 0.25) is 0 Å². The lowest BCUT2D eigenvalue weighted by molar-refractivity contribution is 1.36. The molecule has 14 heteroatoms. The van der Waals surface area contributed by atoms with E-state index in [9.17, 15) is 0 Å². The number of benzene rings is 3. The largest absolute Gasteiger partial charge is 0.383 e. The number of rotatable bonds is 11. The first-order valence-electron chi connectivity index (χ1n) is 15.4. The molecule has 3 aromatic carbocycles. The summed E-state index contributed by atoms with van der Waals surface area (Å²) in [6.45, 7) is 2.08. The van der Waals surface area contributed by atoms with E-state index in [1.54, 1.807) is 46.2 Å². The molecule has 0 aliphatic carbocycles. The van der Waals surface area contributed by atoms with Crippen molar-refractivity contribution in [1.29, 1.82) is 10.8 Å². The van der Waals surface area contributed by atoms with Crippen LogP contribution in [0.15, 0.2) is 110 Å². The third-order valence-corrected chi connectivity index (χ3v) is 13.5. The second-order valence-corrected chi connectivity index (χ2v) is 17.0. The van der Waals surface area contributed by atoms with Crippen molar-refractivity contribution in [3.8, 4) is 33.6 Å². The van der Waals surface area contributed by atoms with E-state index in [2.05, 4.69) is 82.5 Å². The van der Waals surface area contributed by atoms with Crippen molar-refractivity contribution in [1.82, 2.24) is 9.97 Å². The number of nitrogen functional groups attached to an aromatic ring is 2. The predicted molar refractivity (Wildman–Crippen MR) is 226 cm³/mol. The van der Waals surface area contributed by atoms with Crippen molar-refractivity contribution in [2.45, 2.75) is 15.3 Å². The SMILES string of the molecule is CSc1sc(C(=N)N)cc1Nc1nc(-c2ccc(-c3ccccc3)cc2)cs1.CSc1sc(C(=N)N)cc1Nc1nc(-c2cccc(C)c2)cs1. The molecule has 0 amide bonds. The maximum absolute atomic E-state index is 7.63. The number of thioether (sulfide) groups is 2. The Kier molecular flexibility index (Phi) is 11.9. The van der Waals surface area contributed by atoms with Crippen molar-refractivity contribution in [3.63, 3.8) is 0 Å². The van der Waals surface area contributed by atoms with E-state index in [0.717, 1.165) is 62.3 Å². The first-order chi connectivity index (χ1) is 24.7. The van der Waals surface area contributed by atoms with E-state index in [4.69, 9.17) is 27.3 Å². The molecule has 0 bridgehead atoms. The summed E-state index contributed by atoms with van der Waals surface area (Å²) in [5.41, 5.74) is 20.8. The van der Waals surface area contributed by atoms with Gasteiger partial charge in [0.15, 0.2) is 10.3 Å². The Morgan fingerprint density at radius 3 is 1.57 bits per heavy atom. The molecular formula is C37H34N8S6. The maximum atomic E-state index is 7.63. The van der Waals surface area contributed by atoms with Crippen molar-refractivity contribution < 1.29 is 0 Å². The van der Waals surface area contributed by atoms with E-state index in [1.807, 2.05) is 54.3 Å². The van der Waals surface area contributed by atoms with Gasteiger partial charge in [-0.1, -0.05) is 78.4 Å². The second kappa shape index (κ2) is 16.7. The Bertz CT molecular complexity index is 2270. The zero-order valence-corrected chi connectivity index (χ0v) is 32.7. The molecule has 51 heavy (non-hydrogen) atoms. The molecule has 0 fully saturated rings. The molecule has 8 N–H and O–H groups in total. The number of hydrogen-bond acceptors (Lipinski definition) is 12. The van der Waals surface area contributed by atoms with Crippen LogP contribution in [0.4, 0.5) is 21.6 Å². The Labute approximate surface area is 321 Å². The van der Waals surface area contributed by atoms with E-state index < -0.39 is 0 Å². The third kappa shape index (κ3) is 9.08. The number of thiophene rings is 2. The van der Waals surface area contributed by atoms with Crippen molar-refractivity contribution in [2.75, 3.05) is 23.1 Å². The first kappa shape index (κ1) is 36.4. The highest BCUT2D eigenvalue weighted by Crippen LogP contribution is 2.39. The molecule has 7 rings (SSSR count). The summed E-state index contributed by atoms with van der Waals surface area (Å²) in [7, 11) is 0. The summed E-state index contributed by atoms with van der Waals surface area (Å²) >= 11 is 9.45. The van der Waals surface area contributed by atoms with Gasteiger partial charge in [0.25, 0.3) is 0 Å². The van der Waals surface area contributed by atoms with Crippen LogP contribution in [0.5, 0.6) is 0 Å². The maximum Gasteiger partial charge on any atom is 0.187 e. The monoisotopic (exact) mass is 782 g/mol. The van der Waals surface area contributed by atoms with Crippen LogP contribution in [0.1, 0.15) is 15.3 Å². The van der Waals surface area contributed by atoms with Crippen LogP contribution < -0.4 is 22.1 Å². The number of nitrogens with one attached hydrogen (secondary N) is 4. The number of hydrogen-bond donors (Lipinski definition) is 6. The highest BCUT2D eigenvalue weighted by Gasteiger charge is 2.14. The van der Waals surface area contributed by atoms with Crippen LogP contribution in [0.25, 0.3) is 33.6 Å². The molecule has 0 saturated carbocycles. The topological polar surface area (TPSA) is 150 Å². The van der Waals surface area contributed by atoms with Gasteiger partial charge >= 0.3 is 0 Å². The second-order valence-electron chi connectivity index (χ2n) is 11.0. The molecule has 0 atom stereocenters. The fraction of sp³-hybridized carbons (Fsp3) is 0.0811. The molecule has 0 saturated heterocycles. The normalized spacial score (nSPS) is 10.7. The number of amidine groups is 2. The van der Waals surface area contributed by atoms with Gasteiger partial charge < -0.3 is 22.1 Å². The lowest BCUT2D eigenvalue weighted by atomic mass is 10.0. The first-order valence-corrected chi connectivity index (χ1v) is 21.3. The smallest absolute Gasteiger partial charge is 0.187 e. The lowest BCUT2D eigenvalue weighted by Gasteiger charge is -2.03. The third-order valence-electron chi connectivity index (χ3n) is 7.39. The summed E-state index contributed by atoms with van der Waals surface area (Å²) in [5.74, 6) is 0.185. The number of nitrogens with zero attached hydrogens (tertiary/aromatic N) is 2. The highest BCUT2D eigenvalue weighted by molar-refractivity contribution is 8.00. The van der Waals surface area contributed by atoms with Gasteiger partial charge in [-0.05, 0) is 48.8 Å². The number of aryl methyl sites for hydroxylation is 1. The zero-order valence-electron chi connectivity index (χ0n) is 27.8. The highest BCUT2D eigenvalue weighted by atomic mass is 32.2. The van der Waals surface area contributed by atoms with Gasteiger partial charge in [-0.3, -0.25) is 10.8 Å². The summed E-state index contributed by atoms with van der Waals surface area (Å²) in [4.78, 5) is 10.9. The summed E-state index contributed by atoms with van der Waals surface area (Å²) < 4.78 is 2.19. The predicted octanol–water partition coefficient (Wildman–Crippen LogP) is 11.2. The Morgan fingerprint density at radius 1 is 0.608 bits per heavy atom. The molecule has 4 aromatic heterocycles. The van der Waals surface area contributed by atoms with E-state index in [0.29, 0.717) is 0 Å². The number of thiazole rings is 2. The molecule has 8 nitrogen and oxygen atoms in total. The van der Waals surface area contributed by atoms with Gasteiger partial charge in [0, 0.05) is 21.9 Å². The van der Waals surface area contributed by atoms with Crippen molar-refractivity contribution in [2.24, 2.45) is 11.5 Å². The van der Waals surface area contributed by atoms with Gasteiger partial charge in [0.2, 0.25) is 0 Å². The number of aromatic nitrogens is 2. The van der Waals surface area contributed by atoms with E-state index >= 15 is 0 Å². The minimum atomic E-state index is 0.0895. The minimum absolute atomic E-state index is 0.0895. The van der Waals surface area contributed by atoms with Crippen molar-refractivity contribution in [3.05, 3.63) is 117 Å². The molecule has 0 unspecified atom stereocenters. The molecule has 0 spiro atoms. The number of anilines is 4. The fourth-order valence-electron chi connectivity index (χ4n) is 4.92. The summed E-state index contributed by atoms with van der Waals surface area (Å²) in [5, 5.41) is 27.7. The number of nitrogens with two attached hydrogens (primary N) is 2. The van der Waals surface area contributed by atoms with Crippen LogP contribution >= 0.6 is 68.9 Å². The van der Waals surface area contributed by atoms with E-state index in [1.165, 1.54) is 39.4 Å². The molecule has 0 radical (unpaired) electrons. The Balaban J connectivity index is 0.000000179. The molecule has 7 aromatic rings. The van der Waals surface area contributed by atoms with Gasteiger partial charge in [-0.2, -0.15) is 0 Å². The molecule has 258 valence electrons. The molecule has 0 aliphatic rings. The fourth-order valence-corrected chi connectivity index (χ4v) is 9.66. The standard InChI is InChI=1S/C21H18N4S3.C16H16N4S3/c1-26-20-16(11-18(28-20)19(22)23)24-21-25-17(12-27-21)15-9-7-14(8-10-15)13-5-3-2-4-6-13;1-9-4-3-5-10(6-9)12-8-22-16(20-12)19-11-7-13(14(17)18)23-15(11)21-2/h2-12H,1H3,(H3,22,23)(H,24,25);3-8H,1-2H3,(H3,17,18)(H,19,20). The Hall–Kier alpha value is -4.44. The Morgan fingerprint density at radius 2 is 1.08 bits per heavy atom. The van der Waals surface area contributed by atoms with Crippen LogP contribution in [0, 0.1) is 17.7 Å².